The highest BCUT2D eigenvalue weighted by atomic mass is 16.5. The van der Waals surface area contributed by atoms with Crippen LogP contribution in [0.2, 0.25) is 0 Å². The van der Waals surface area contributed by atoms with E-state index in [1.165, 1.54) is 0 Å². The summed E-state index contributed by atoms with van der Waals surface area (Å²) in [5.74, 6) is 2.03. The van der Waals surface area contributed by atoms with Gasteiger partial charge in [-0.3, -0.25) is 4.68 Å². The minimum absolute atomic E-state index is 0.434. The van der Waals surface area contributed by atoms with E-state index in [4.69, 9.17) is 9.15 Å². The first kappa shape index (κ1) is 11.0. The molecule has 0 spiro atoms. The molecule has 0 bridgehead atoms. The third-order valence-corrected chi connectivity index (χ3v) is 2.77. The number of para-hydroxylation sites is 1. The maximum atomic E-state index is 5.72. The summed E-state index contributed by atoms with van der Waals surface area (Å²) in [6.07, 6.45) is 0. The van der Waals surface area contributed by atoms with Crippen LogP contribution in [0.25, 0.3) is 22.6 Å². The van der Waals surface area contributed by atoms with Crippen molar-refractivity contribution < 1.29 is 9.15 Å². The van der Waals surface area contributed by atoms with Crippen molar-refractivity contribution >= 4 is 11.0 Å². The number of fused-ring (bicyclic) bond motifs is 1. The van der Waals surface area contributed by atoms with E-state index in [9.17, 15) is 0 Å². The molecule has 92 valence electrons. The van der Waals surface area contributed by atoms with E-state index in [2.05, 4.69) is 10.1 Å². The summed E-state index contributed by atoms with van der Waals surface area (Å²) >= 11 is 0. The number of hydrogen-bond acceptors (Lipinski definition) is 4. The molecule has 0 aliphatic rings. The molecule has 3 rings (SSSR count). The monoisotopic (exact) mass is 243 g/mol. The van der Waals surface area contributed by atoms with Crippen LogP contribution in [-0.4, -0.2) is 21.9 Å². The van der Waals surface area contributed by atoms with Gasteiger partial charge < -0.3 is 9.15 Å². The SMILES string of the molecule is COCc1nc(-c2cc3ccccc3o2)nn1C. The van der Waals surface area contributed by atoms with Crippen molar-refractivity contribution in [1.82, 2.24) is 14.8 Å². The molecule has 2 heterocycles. The molecule has 0 saturated heterocycles. The Balaban J connectivity index is 2.05. The minimum Gasteiger partial charge on any atom is -0.453 e. The third kappa shape index (κ3) is 1.78. The lowest BCUT2D eigenvalue weighted by molar-refractivity contribution is 0.174. The lowest BCUT2D eigenvalue weighted by atomic mass is 10.2. The van der Waals surface area contributed by atoms with Gasteiger partial charge in [-0.1, -0.05) is 18.2 Å². The molecule has 5 heteroatoms. The van der Waals surface area contributed by atoms with E-state index in [1.807, 2.05) is 37.4 Å². The summed E-state index contributed by atoms with van der Waals surface area (Å²) in [5.41, 5.74) is 0.841. The fraction of sp³-hybridized carbons (Fsp3) is 0.231. The van der Waals surface area contributed by atoms with E-state index >= 15 is 0 Å². The van der Waals surface area contributed by atoms with Crippen molar-refractivity contribution in [3.05, 3.63) is 36.2 Å². The fourth-order valence-corrected chi connectivity index (χ4v) is 1.87. The molecule has 0 radical (unpaired) electrons. The van der Waals surface area contributed by atoms with Gasteiger partial charge in [0.1, 0.15) is 12.2 Å². The number of methoxy groups -OCH3 is 1. The van der Waals surface area contributed by atoms with Crippen LogP contribution in [0.3, 0.4) is 0 Å². The average Bonchev–Trinajstić information content (AvgIpc) is 2.94. The Morgan fingerprint density at radius 2 is 2.17 bits per heavy atom. The third-order valence-electron chi connectivity index (χ3n) is 2.77. The largest absolute Gasteiger partial charge is 0.453 e. The second kappa shape index (κ2) is 4.27. The molecular formula is C13H13N3O2. The van der Waals surface area contributed by atoms with Crippen molar-refractivity contribution in [2.45, 2.75) is 6.61 Å². The summed E-state index contributed by atoms with van der Waals surface area (Å²) in [7, 11) is 3.48. The van der Waals surface area contributed by atoms with Crippen molar-refractivity contribution in [1.29, 1.82) is 0 Å². The van der Waals surface area contributed by atoms with Crippen LogP contribution in [-0.2, 0) is 18.4 Å². The average molecular weight is 243 g/mol. The zero-order valence-corrected chi connectivity index (χ0v) is 10.3. The van der Waals surface area contributed by atoms with Crippen molar-refractivity contribution in [2.75, 3.05) is 7.11 Å². The predicted molar refractivity (Wildman–Crippen MR) is 66.9 cm³/mol. The zero-order valence-electron chi connectivity index (χ0n) is 10.3. The van der Waals surface area contributed by atoms with Gasteiger partial charge in [-0.15, -0.1) is 5.10 Å². The topological polar surface area (TPSA) is 53.1 Å². The number of ether oxygens (including phenoxy) is 1. The summed E-state index contributed by atoms with van der Waals surface area (Å²) in [6.45, 7) is 0.434. The lowest BCUT2D eigenvalue weighted by Crippen LogP contribution is -2.00. The Morgan fingerprint density at radius 3 is 2.94 bits per heavy atom. The second-order valence-electron chi connectivity index (χ2n) is 4.06. The van der Waals surface area contributed by atoms with Crippen LogP contribution in [0.5, 0.6) is 0 Å². The Bertz CT molecular complexity index is 651. The molecular weight excluding hydrogens is 230 g/mol. The molecule has 1 aromatic carbocycles. The van der Waals surface area contributed by atoms with Gasteiger partial charge in [-0.25, -0.2) is 4.98 Å². The molecule has 0 unspecified atom stereocenters. The standard InChI is InChI=1S/C13H13N3O2/c1-16-12(8-17-2)14-13(15-16)11-7-9-5-3-4-6-10(9)18-11/h3-7H,8H2,1-2H3. The van der Waals surface area contributed by atoms with Gasteiger partial charge in [0, 0.05) is 19.5 Å². The smallest absolute Gasteiger partial charge is 0.217 e. The van der Waals surface area contributed by atoms with E-state index in [-0.39, 0.29) is 0 Å². The van der Waals surface area contributed by atoms with Gasteiger partial charge in [0.15, 0.2) is 11.6 Å². The Labute approximate surface area is 104 Å². The van der Waals surface area contributed by atoms with Gasteiger partial charge in [-0.2, -0.15) is 0 Å². The van der Waals surface area contributed by atoms with Crippen LogP contribution in [0.15, 0.2) is 34.7 Å². The van der Waals surface area contributed by atoms with Crippen LogP contribution in [0.4, 0.5) is 0 Å². The van der Waals surface area contributed by atoms with Crippen LogP contribution < -0.4 is 0 Å². The lowest BCUT2D eigenvalue weighted by Gasteiger charge is -1.94. The number of hydrogen-bond donors (Lipinski definition) is 0. The highest BCUT2D eigenvalue weighted by Crippen LogP contribution is 2.25. The highest BCUT2D eigenvalue weighted by Gasteiger charge is 2.13. The zero-order chi connectivity index (χ0) is 12.5. The fourth-order valence-electron chi connectivity index (χ4n) is 1.87. The predicted octanol–water partition coefficient (Wildman–Crippen LogP) is 2.37. The second-order valence-corrected chi connectivity index (χ2v) is 4.06. The summed E-state index contributed by atoms with van der Waals surface area (Å²) < 4.78 is 12.5. The summed E-state index contributed by atoms with van der Waals surface area (Å²) in [6, 6.07) is 9.79. The maximum absolute atomic E-state index is 5.72. The molecule has 18 heavy (non-hydrogen) atoms. The van der Waals surface area contributed by atoms with Gasteiger partial charge in [0.05, 0.1) is 0 Å². The van der Waals surface area contributed by atoms with E-state index in [0.29, 0.717) is 18.2 Å². The first-order chi connectivity index (χ1) is 8.78. The number of benzene rings is 1. The summed E-state index contributed by atoms with van der Waals surface area (Å²) in [5, 5.41) is 5.38. The Morgan fingerprint density at radius 1 is 1.33 bits per heavy atom. The number of nitrogens with zero attached hydrogens (tertiary/aromatic N) is 3. The van der Waals surface area contributed by atoms with Crippen molar-refractivity contribution in [3.63, 3.8) is 0 Å². The number of furan rings is 1. The number of aromatic nitrogens is 3. The summed E-state index contributed by atoms with van der Waals surface area (Å²) in [4.78, 5) is 4.40. The number of aryl methyl sites for hydroxylation is 1. The molecule has 0 aliphatic heterocycles. The highest BCUT2D eigenvalue weighted by molar-refractivity contribution is 5.81. The van der Waals surface area contributed by atoms with E-state index in [0.717, 1.165) is 16.8 Å². The van der Waals surface area contributed by atoms with Crippen LogP contribution >= 0.6 is 0 Å². The van der Waals surface area contributed by atoms with Gasteiger partial charge in [-0.05, 0) is 12.1 Å². The quantitative estimate of drug-likeness (QED) is 0.708. The maximum Gasteiger partial charge on any atom is 0.217 e. The van der Waals surface area contributed by atoms with E-state index < -0.39 is 0 Å². The van der Waals surface area contributed by atoms with Crippen LogP contribution in [0, 0.1) is 0 Å². The first-order valence-corrected chi connectivity index (χ1v) is 5.66. The molecule has 0 atom stereocenters. The molecule has 3 aromatic rings. The van der Waals surface area contributed by atoms with Crippen molar-refractivity contribution in [2.24, 2.45) is 7.05 Å². The molecule has 0 amide bonds. The Kier molecular flexibility index (Phi) is 2.60. The normalized spacial score (nSPS) is 11.2. The van der Waals surface area contributed by atoms with Crippen molar-refractivity contribution in [3.8, 4) is 11.6 Å². The number of rotatable bonds is 3. The molecule has 0 N–H and O–H groups in total. The van der Waals surface area contributed by atoms with Crippen LogP contribution in [0.1, 0.15) is 5.82 Å². The van der Waals surface area contributed by atoms with E-state index in [1.54, 1.807) is 11.8 Å². The molecule has 0 aliphatic carbocycles. The minimum atomic E-state index is 0.434. The van der Waals surface area contributed by atoms with Gasteiger partial charge >= 0.3 is 0 Å². The van der Waals surface area contributed by atoms with Gasteiger partial charge in [0.25, 0.3) is 0 Å². The molecule has 0 fully saturated rings. The molecule has 0 saturated carbocycles. The molecule has 2 aromatic heterocycles. The van der Waals surface area contributed by atoms with Gasteiger partial charge in [0.2, 0.25) is 5.82 Å². The first-order valence-electron chi connectivity index (χ1n) is 5.66. The Hall–Kier alpha value is -2.14. The molecule has 5 nitrogen and oxygen atoms in total.